The summed E-state index contributed by atoms with van der Waals surface area (Å²) in [5.41, 5.74) is 1.19. The molecule has 0 atom stereocenters. The maximum atomic E-state index is 12.1. The summed E-state index contributed by atoms with van der Waals surface area (Å²) in [6, 6.07) is 9.36. The first kappa shape index (κ1) is 16.5. The van der Waals surface area contributed by atoms with Crippen molar-refractivity contribution < 1.29 is 24.2 Å². The van der Waals surface area contributed by atoms with Gasteiger partial charge in [0.1, 0.15) is 5.56 Å². The minimum Gasteiger partial charge on any atom is -0.505 e. The van der Waals surface area contributed by atoms with E-state index in [0.717, 1.165) is 5.56 Å². The molecule has 6 heteroatoms. The van der Waals surface area contributed by atoms with E-state index in [1.54, 1.807) is 6.92 Å². The lowest BCUT2D eigenvalue weighted by Gasteiger charge is -2.14. The van der Waals surface area contributed by atoms with Crippen LogP contribution in [0, 0.1) is 6.92 Å². The van der Waals surface area contributed by atoms with Crippen LogP contribution in [-0.2, 0) is 15.9 Å². The number of ether oxygens (including phenoxy) is 2. The second-order valence-corrected chi connectivity index (χ2v) is 4.89. The van der Waals surface area contributed by atoms with E-state index in [-0.39, 0.29) is 22.6 Å². The van der Waals surface area contributed by atoms with Gasteiger partial charge >= 0.3 is 11.9 Å². The molecule has 0 fully saturated rings. The maximum Gasteiger partial charge on any atom is 0.342 e. The Hall–Kier alpha value is -2.89. The Morgan fingerprint density at radius 2 is 1.61 bits per heavy atom. The van der Waals surface area contributed by atoms with Crippen molar-refractivity contribution in [2.75, 3.05) is 14.2 Å². The van der Waals surface area contributed by atoms with E-state index in [0.29, 0.717) is 12.1 Å². The Kier molecular flexibility index (Phi) is 4.95. The lowest BCUT2D eigenvalue weighted by atomic mass is 9.99. The van der Waals surface area contributed by atoms with Crippen LogP contribution >= 0.6 is 0 Å². The van der Waals surface area contributed by atoms with Gasteiger partial charge in [0.05, 0.1) is 31.2 Å². The molecule has 0 radical (unpaired) electrons. The fraction of sp³-hybridized carbons (Fsp3) is 0.235. The van der Waals surface area contributed by atoms with Crippen molar-refractivity contribution in [1.82, 2.24) is 4.98 Å². The van der Waals surface area contributed by atoms with Crippen molar-refractivity contribution >= 4 is 11.9 Å². The highest BCUT2D eigenvalue weighted by molar-refractivity contribution is 6.06. The number of carbonyl (C=O) groups excluding carboxylic acids is 2. The summed E-state index contributed by atoms with van der Waals surface area (Å²) >= 11 is 0. The zero-order chi connectivity index (χ0) is 17.0. The molecular weight excluding hydrogens is 298 g/mol. The van der Waals surface area contributed by atoms with E-state index in [1.165, 1.54) is 14.2 Å². The molecule has 1 N–H and O–H groups in total. The van der Waals surface area contributed by atoms with Crippen LogP contribution in [0.4, 0.5) is 0 Å². The van der Waals surface area contributed by atoms with Gasteiger partial charge in [-0.15, -0.1) is 0 Å². The summed E-state index contributed by atoms with van der Waals surface area (Å²) in [4.78, 5) is 28.4. The van der Waals surface area contributed by atoms with Crippen molar-refractivity contribution in [1.29, 1.82) is 0 Å². The van der Waals surface area contributed by atoms with Crippen LogP contribution in [0.2, 0.25) is 0 Å². The predicted molar refractivity (Wildman–Crippen MR) is 82.6 cm³/mol. The number of benzene rings is 1. The van der Waals surface area contributed by atoms with Gasteiger partial charge in [-0.05, 0) is 12.5 Å². The van der Waals surface area contributed by atoms with Crippen molar-refractivity contribution in [2.45, 2.75) is 13.3 Å². The van der Waals surface area contributed by atoms with Crippen LogP contribution in [0.15, 0.2) is 30.3 Å². The number of carbonyl (C=O) groups is 2. The summed E-state index contributed by atoms with van der Waals surface area (Å²) in [5, 5.41) is 10.1. The highest BCUT2D eigenvalue weighted by Gasteiger charge is 2.28. The fourth-order valence-electron chi connectivity index (χ4n) is 2.29. The molecule has 1 aromatic heterocycles. The first-order valence-electron chi connectivity index (χ1n) is 6.92. The largest absolute Gasteiger partial charge is 0.505 e. The number of rotatable bonds is 4. The average Bonchev–Trinajstić information content (AvgIpc) is 2.57. The molecule has 2 aromatic rings. The van der Waals surface area contributed by atoms with Crippen LogP contribution in [-0.4, -0.2) is 36.2 Å². The molecule has 1 aromatic carbocycles. The Morgan fingerprint density at radius 3 is 2.17 bits per heavy atom. The summed E-state index contributed by atoms with van der Waals surface area (Å²) in [6.07, 6.45) is 0.316. The number of hydrogen-bond acceptors (Lipinski definition) is 6. The molecule has 0 aliphatic rings. The predicted octanol–water partition coefficient (Wildman–Crippen LogP) is 2.26. The lowest BCUT2D eigenvalue weighted by Crippen LogP contribution is -2.17. The van der Waals surface area contributed by atoms with Crippen molar-refractivity contribution in [3.05, 3.63) is 58.4 Å². The van der Waals surface area contributed by atoms with Gasteiger partial charge in [0.2, 0.25) is 0 Å². The number of nitrogens with zero attached hydrogens (tertiary/aromatic N) is 1. The quantitative estimate of drug-likeness (QED) is 0.871. The van der Waals surface area contributed by atoms with E-state index in [1.807, 2.05) is 30.3 Å². The maximum absolute atomic E-state index is 12.1. The molecule has 0 bridgehead atoms. The Labute approximate surface area is 133 Å². The highest BCUT2D eigenvalue weighted by atomic mass is 16.5. The van der Waals surface area contributed by atoms with Gasteiger partial charge in [-0.25, -0.2) is 9.59 Å². The van der Waals surface area contributed by atoms with Crippen LogP contribution < -0.4 is 0 Å². The first-order valence-corrected chi connectivity index (χ1v) is 6.92. The third-order valence-electron chi connectivity index (χ3n) is 3.41. The highest BCUT2D eigenvalue weighted by Crippen LogP contribution is 2.29. The molecule has 6 nitrogen and oxygen atoms in total. The number of aromatic hydroxyl groups is 1. The number of hydrogen-bond donors (Lipinski definition) is 1. The van der Waals surface area contributed by atoms with Gasteiger partial charge in [-0.2, -0.15) is 0 Å². The number of methoxy groups -OCH3 is 2. The molecule has 0 saturated carbocycles. The molecule has 0 aliphatic heterocycles. The number of aryl methyl sites for hydroxylation is 1. The van der Waals surface area contributed by atoms with Crippen molar-refractivity contribution in [3.8, 4) is 5.75 Å². The third-order valence-corrected chi connectivity index (χ3v) is 3.41. The molecule has 0 unspecified atom stereocenters. The molecular formula is C17H17NO5. The first-order chi connectivity index (χ1) is 11.0. The molecule has 2 rings (SSSR count). The Morgan fingerprint density at radius 1 is 1.04 bits per heavy atom. The van der Waals surface area contributed by atoms with E-state index >= 15 is 0 Å². The molecule has 0 amide bonds. The Balaban J connectivity index is 2.67. The summed E-state index contributed by atoms with van der Waals surface area (Å²) < 4.78 is 9.43. The fourth-order valence-corrected chi connectivity index (χ4v) is 2.29. The minimum atomic E-state index is -0.817. The van der Waals surface area contributed by atoms with E-state index in [9.17, 15) is 14.7 Å². The van der Waals surface area contributed by atoms with E-state index in [4.69, 9.17) is 4.74 Å². The molecule has 120 valence electrons. The van der Waals surface area contributed by atoms with Crippen molar-refractivity contribution in [2.24, 2.45) is 0 Å². The lowest BCUT2D eigenvalue weighted by molar-refractivity contribution is 0.0550. The number of esters is 2. The van der Waals surface area contributed by atoms with Gasteiger partial charge in [0.15, 0.2) is 5.75 Å². The average molecular weight is 315 g/mol. The third kappa shape index (κ3) is 3.31. The summed E-state index contributed by atoms with van der Waals surface area (Å²) in [7, 11) is 2.38. The van der Waals surface area contributed by atoms with Gasteiger partial charge in [0, 0.05) is 6.42 Å². The second kappa shape index (κ2) is 6.91. The van der Waals surface area contributed by atoms with Crippen LogP contribution in [0.1, 0.15) is 37.7 Å². The zero-order valence-corrected chi connectivity index (χ0v) is 13.1. The normalized spacial score (nSPS) is 10.2. The van der Waals surface area contributed by atoms with Crippen LogP contribution in [0.5, 0.6) is 5.75 Å². The standard InChI is InChI=1S/C17H17NO5/c1-10-15(19)14(17(21)23-3)13(16(20)22-2)12(18-10)9-11-7-5-4-6-8-11/h4-8,19H,9H2,1-3H3. The Bertz CT molecular complexity index is 740. The van der Waals surface area contributed by atoms with Crippen LogP contribution in [0.3, 0.4) is 0 Å². The van der Waals surface area contributed by atoms with E-state index < -0.39 is 11.9 Å². The smallest absolute Gasteiger partial charge is 0.342 e. The topological polar surface area (TPSA) is 85.7 Å². The minimum absolute atomic E-state index is 0.0775. The molecule has 0 aliphatic carbocycles. The SMILES string of the molecule is COC(=O)c1c(Cc2ccccc2)nc(C)c(O)c1C(=O)OC. The zero-order valence-electron chi connectivity index (χ0n) is 13.1. The number of pyridine rings is 1. The van der Waals surface area contributed by atoms with Gasteiger partial charge in [-0.1, -0.05) is 30.3 Å². The number of aromatic nitrogens is 1. The van der Waals surface area contributed by atoms with Crippen molar-refractivity contribution in [3.63, 3.8) is 0 Å². The van der Waals surface area contributed by atoms with E-state index in [2.05, 4.69) is 9.72 Å². The van der Waals surface area contributed by atoms with Gasteiger partial charge in [0.25, 0.3) is 0 Å². The van der Waals surface area contributed by atoms with Crippen LogP contribution in [0.25, 0.3) is 0 Å². The molecule has 1 heterocycles. The monoisotopic (exact) mass is 315 g/mol. The molecule has 0 saturated heterocycles. The summed E-state index contributed by atoms with van der Waals surface area (Å²) in [6.45, 7) is 1.55. The summed E-state index contributed by atoms with van der Waals surface area (Å²) in [5.74, 6) is -1.95. The van der Waals surface area contributed by atoms with Gasteiger partial charge < -0.3 is 14.6 Å². The molecule has 23 heavy (non-hydrogen) atoms. The second-order valence-electron chi connectivity index (χ2n) is 4.89. The molecule has 0 spiro atoms. The van der Waals surface area contributed by atoms with Gasteiger partial charge in [-0.3, -0.25) is 4.98 Å².